The Morgan fingerprint density at radius 1 is 1.47 bits per heavy atom. The number of aromatic nitrogens is 2. The number of rotatable bonds is 2. The molecule has 0 fully saturated rings. The van der Waals surface area contributed by atoms with E-state index in [1.807, 2.05) is 16.8 Å². The molecule has 4 nitrogen and oxygen atoms in total. The molecule has 76 valence electrons. The van der Waals surface area contributed by atoms with Crippen LogP contribution in [0.25, 0.3) is 5.69 Å². The topological polar surface area (TPSA) is 60.9 Å². The average Bonchev–Trinajstić information content (AvgIpc) is 2.70. The highest BCUT2D eigenvalue weighted by molar-refractivity contribution is 9.10. The highest BCUT2D eigenvalue weighted by atomic mass is 79.9. The van der Waals surface area contributed by atoms with Crippen LogP contribution < -0.4 is 5.73 Å². The summed E-state index contributed by atoms with van der Waals surface area (Å²) in [6, 6.07) is 5.19. The number of primary amides is 1. The molecule has 0 unspecified atom stereocenters. The Morgan fingerprint density at radius 2 is 2.27 bits per heavy atom. The van der Waals surface area contributed by atoms with Crippen molar-refractivity contribution >= 4 is 21.8 Å². The smallest absolute Gasteiger partial charge is 0.248 e. The minimum absolute atomic E-state index is 0.437. The molecule has 0 bridgehead atoms. The zero-order valence-electron chi connectivity index (χ0n) is 7.72. The number of imidazole rings is 1. The van der Waals surface area contributed by atoms with Gasteiger partial charge in [0.05, 0.1) is 12.0 Å². The van der Waals surface area contributed by atoms with Crippen molar-refractivity contribution in [3.05, 3.63) is 47.0 Å². The van der Waals surface area contributed by atoms with Gasteiger partial charge >= 0.3 is 0 Å². The maximum atomic E-state index is 10.9. The summed E-state index contributed by atoms with van der Waals surface area (Å²) < 4.78 is 2.64. The van der Waals surface area contributed by atoms with Crippen LogP contribution in [0.2, 0.25) is 0 Å². The van der Waals surface area contributed by atoms with E-state index in [1.54, 1.807) is 24.7 Å². The van der Waals surface area contributed by atoms with Crippen molar-refractivity contribution in [1.82, 2.24) is 9.55 Å². The molecule has 0 saturated carbocycles. The van der Waals surface area contributed by atoms with Crippen LogP contribution in [0.1, 0.15) is 10.4 Å². The number of carbonyl (C=O) groups is 1. The average molecular weight is 266 g/mol. The molecule has 0 aliphatic carbocycles. The van der Waals surface area contributed by atoms with E-state index in [2.05, 4.69) is 20.9 Å². The van der Waals surface area contributed by atoms with Crippen LogP contribution in [0.5, 0.6) is 0 Å². The third kappa shape index (κ3) is 1.92. The monoisotopic (exact) mass is 265 g/mol. The molecule has 0 aliphatic rings. The fourth-order valence-electron chi connectivity index (χ4n) is 1.27. The molecule has 1 aromatic carbocycles. The molecule has 0 aliphatic heterocycles. The van der Waals surface area contributed by atoms with E-state index in [0.29, 0.717) is 5.56 Å². The van der Waals surface area contributed by atoms with Crippen molar-refractivity contribution in [3.8, 4) is 5.69 Å². The Labute approximate surface area is 94.9 Å². The molecular formula is C10H8BrN3O. The molecule has 2 rings (SSSR count). The Hall–Kier alpha value is -1.62. The van der Waals surface area contributed by atoms with Crippen LogP contribution in [0.4, 0.5) is 0 Å². The molecule has 2 aromatic rings. The van der Waals surface area contributed by atoms with Crippen LogP contribution in [-0.4, -0.2) is 15.5 Å². The van der Waals surface area contributed by atoms with Gasteiger partial charge in [0.15, 0.2) is 0 Å². The molecule has 0 atom stereocenters. The standard InChI is InChI=1S/C10H8BrN3O/c11-8-5-7(10(12)15)1-2-9(8)14-4-3-13-6-14/h1-6H,(H2,12,15). The lowest BCUT2D eigenvalue weighted by atomic mass is 10.2. The van der Waals surface area contributed by atoms with Crippen LogP contribution in [0, 0.1) is 0 Å². The van der Waals surface area contributed by atoms with Crippen molar-refractivity contribution in [2.75, 3.05) is 0 Å². The first-order valence-corrected chi connectivity index (χ1v) is 5.05. The van der Waals surface area contributed by atoms with Gasteiger partial charge in [0, 0.05) is 22.4 Å². The Balaban J connectivity index is 2.48. The first kappa shape index (κ1) is 9.92. The van der Waals surface area contributed by atoms with Crippen molar-refractivity contribution in [2.45, 2.75) is 0 Å². The van der Waals surface area contributed by atoms with Crippen LogP contribution in [0.3, 0.4) is 0 Å². The summed E-state index contributed by atoms with van der Waals surface area (Å²) in [5.74, 6) is -0.437. The van der Waals surface area contributed by atoms with Gasteiger partial charge in [-0.3, -0.25) is 4.79 Å². The zero-order chi connectivity index (χ0) is 10.8. The predicted molar refractivity (Wildman–Crippen MR) is 59.8 cm³/mol. The second-order valence-electron chi connectivity index (χ2n) is 3.00. The summed E-state index contributed by atoms with van der Waals surface area (Å²) in [4.78, 5) is 14.9. The summed E-state index contributed by atoms with van der Waals surface area (Å²) in [6.07, 6.45) is 5.20. The highest BCUT2D eigenvalue weighted by Gasteiger charge is 2.05. The first-order chi connectivity index (χ1) is 7.18. The van der Waals surface area contributed by atoms with Gasteiger partial charge in [0.25, 0.3) is 0 Å². The molecule has 15 heavy (non-hydrogen) atoms. The van der Waals surface area contributed by atoms with Gasteiger partial charge in [0.1, 0.15) is 0 Å². The number of nitrogens with zero attached hydrogens (tertiary/aromatic N) is 2. The van der Waals surface area contributed by atoms with E-state index < -0.39 is 5.91 Å². The lowest BCUT2D eigenvalue weighted by Crippen LogP contribution is -2.11. The molecule has 2 N–H and O–H groups in total. The summed E-state index contributed by atoms with van der Waals surface area (Å²) in [7, 11) is 0. The van der Waals surface area contributed by atoms with Gasteiger partial charge in [-0.1, -0.05) is 0 Å². The number of hydrogen-bond donors (Lipinski definition) is 1. The first-order valence-electron chi connectivity index (χ1n) is 4.26. The van der Waals surface area contributed by atoms with E-state index in [-0.39, 0.29) is 0 Å². The molecule has 0 saturated heterocycles. The minimum Gasteiger partial charge on any atom is -0.366 e. The predicted octanol–water partition coefficient (Wildman–Crippen LogP) is 1.73. The van der Waals surface area contributed by atoms with Gasteiger partial charge < -0.3 is 10.3 Å². The Kier molecular flexibility index (Phi) is 2.55. The third-order valence-electron chi connectivity index (χ3n) is 2.01. The minimum atomic E-state index is -0.437. The van der Waals surface area contributed by atoms with Gasteiger partial charge in [-0.2, -0.15) is 0 Å². The fraction of sp³-hybridized carbons (Fsp3) is 0. The summed E-state index contributed by atoms with van der Waals surface area (Å²) in [5.41, 5.74) is 6.56. The molecule has 1 heterocycles. The lowest BCUT2D eigenvalue weighted by molar-refractivity contribution is 0.100. The largest absolute Gasteiger partial charge is 0.366 e. The van der Waals surface area contributed by atoms with Gasteiger partial charge in [-0.15, -0.1) is 0 Å². The maximum absolute atomic E-state index is 10.9. The zero-order valence-corrected chi connectivity index (χ0v) is 9.31. The second-order valence-corrected chi connectivity index (χ2v) is 3.85. The number of benzene rings is 1. The summed E-state index contributed by atoms with van der Waals surface area (Å²) in [6.45, 7) is 0. The summed E-state index contributed by atoms with van der Waals surface area (Å²) in [5, 5.41) is 0. The molecule has 1 amide bonds. The second kappa shape index (κ2) is 3.86. The van der Waals surface area contributed by atoms with E-state index in [9.17, 15) is 4.79 Å². The Bertz CT molecular complexity index is 493. The van der Waals surface area contributed by atoms with E-state index in [4.69, 9.17) is 5.73 Å². The molecular weight excluding hydrogens is 258 g/mol. The van der Waals surface area contributed by atoms with Gasteiger partial charge in [-0.05, 0) is 34.1 Å². The van der Waals surface area contributed by atoms with E-state index in [1.165, 1.54) is 0 Å². The quantitative estimate of drug-likeness (QED) is 0.899. The molecule has 1 aromatic heterocycles. The van der Waals surface area contributed by atoms with Crippen molar-refractivity contribution in [2.24, 2.45) is 5.73 Å². The van der Waals surface area contributed by atoms with Crippen LogP contribution in [-0.2, 0) is 0 Å². The normalized spacial score (nSPS) is 10.2. The Morgan fingerprint density at radius 3 is 2.80 bits per heavy atom. The van der Waals surface area contributed by atoms with E-state index >= 15 is 0 Å². The number of amides is 1. The fourth-order valence-corrected chi connectivity index (χ4v) is 1.85. The van der Waals surface area contributed by atoms with Crippen LogP contribution in [0.15, 0.2) is 41.4 Å². The number of carbonyl (C=O) groups excluding carboxylic acids is 1. The van der Waals surface area contributed by atoms with Gasteiger partial charge in [0.2, 0.25) is 5.91 Å². The molecule has 5 heteroatoms. The van der Waals surface area contributed by atoms with Crippen molar-refractivity contribution < 1.29 is 4.79 Å². The number of hydrogen-bond acceptors (Lipinski definition) is 2. The van der Waals surface area contributed by atoms with Crippen LogP contribution >= 0.6 is 15.9 Å². The summed E-state index contributed by atoms with van der Waals surface area (Å²) >= 11 is 3.38. The van der Waals surface area contributed by atoms with Crippen molar-refractivity contribution in [1.29, 1.82) is 0 Å². The van der Waals surface area contributed by atoms with Gasteiger partial charge in [-0.25, -0.2) is 4.98 Å². The maximum Gasteiger partial charge on any atom is 0.248 e. The van der Waals surface area contributed by atoms with E-state index in [0.717, 1.165) is 10.2 Å². The number of halogens is 1. The SMILES string of the molecule is NC(=O)c1ccc(-n2ccnc2)c(Br)c1. The highest BCUT2D eigenvalue weighted by Crippen LogP contribution is 2.22. The number of nitrogens with two attached hydrogens (primary N) is 1. The molecule has 0 radical (unpaired) electrons. The van der Waals surface area contributed by atoms with Crippen molar-refractivity contribution in [3.63, 3.8) is 0 Å². The lowest BCUT2D eigenvalue weighted by Gasteiger charge is -2.05. The molecule has 0 spiro atoms. The third-order valence-corrected chi connectivity index (χ3v) is 2.65.